The topological polar surface area (TPSA) is 50.4 Å². The van der Waals surface area contributed by atoms with Crippen molar-refractivity contribution >= 4 is 14.3 Å². The van der Waals surface area contributed by atoms with E-state index in [9.17, 15) is 4.79 Å². The fourth-order valence-corrected chi connectivity index (χ4v) is 7.90. The Bertz CT molecular complexity index is 1520. The number of carbonyl (C=O) groups excluding carboxylic acids is 1. The van der Waals surface area contributed by atoms with Gasteiger partial charge in [0.05, 0.1) is 6.04 Å². The molecule has 0 aliphatic rings. The molecule has 1 atom stereocenters. The lowest BCUT2D eigenvalue weighted by Crippen LogP contribution is -2.60. The van der Waals surface area contributed by atoms with E-state index >= 15 is 0 Å². The summed E-state index contributed by atoms with van der Waals surface area (Å²) in [6.07, 6.45) is 0.705. The van der Waals surface area contributed by atoms with E-state index in [4.69, 9.17) is 4.43 Å². The van der Waals surface area contributed by atoms with Gasteiger partial charge in [0, 0.05) is 0 Å². The second kappa shape index (κ2) is 14.3. The minimum atomic E-state index is -2.20. The summed E-state index contributed by atoms with van der Waals surface area (Å²) < 4.78 is 7.34. The third-order valence-corrected chi connectivity index (χ3v) is 9.23. The van der Waals surface area contributed by atoms with E-state index in [1.807, 2.05) is 66.7 Å². The van der Waals surface area contributed by atoms with Crippen LogP contribution in [-0.2, 0) is 15.6 Å². The lowest BCUT2D eigenvalue weighted by molar-refractivity contribution is 0.0511. The number of carbonyl (C=O) groups is 1. The van der Waals surface area contributed by atoms with Crippen molar-refractivity contribution in [3.05, 3.63) is 179 Å². The van der Waals surface area contributed by atoms with Crippen molar-refractivity contribution in [2.75, 3.05) is 0 Å². The molecule has 2 amide bonds. The second-order valence-corrected chi connectivity index (χ2v) is 17.7. The Balaban J connectivity index is 1.68. The highest BCUT2D eigenvalue weighted by atomic mass is 28.4. The maximum absolute atomic E-state index is 14.8. The van der Waals surface area contributed by atoms with E-state index in [-0.39, 0.29) is 18.0 Å². The van der Waals surface area contributed by atoms with Gasteiger partial charge in [-0.05, 0) is 59.8 Å². The van der Waals surface area contributed by atoms with Crippen LogP contribution in [0.4, 0.5) is 4.79 Å². The van der Waals surface area contributed by atoms with Crippen LogP contribution in [0.25, 0.3) is 0 Å². The molecule has 0 aliphatic heterocycles. The molecule has 0 saturated carbocycles. The van der Waals surface area contributed by atoms with Crippen molar-refractivity contribution in [1.82, 2.24) is 10.6 Å². The summed E-state index contributed by atoms with van der Waals surface area (Å²) in [5.74, 6) is 0.282. The summed E-state index contributed by atoms with van der Waals surface area (Å²) in [7, 11) is -2.20. The van der Waals surface area contributed by atoms with Crippen molar-refractivity contribution in [3.63, 3.8) is 0 Å². The minimum absolute atomic E-state index is 0.266. The number of rotatable bonds is 12. The summed E-state index contributed by atoms with van der Waals surface area (Å²) in [4.78, 5) is 14.8. The summed E-state index contributed by atoms with van der Waals surface area (Å²) in [6, 6.07) is 50.8. The predicted molar refractivity (Wildman–Crippen MR) is 192 cm³/mol. The van der Waals surface area contributed by atoms with Gasteiger partial charge in [-0.1, -0.05) is 166 Å². The van der Waals surface area contributed by atoms with Gasteiger partial charge < -0.3 is 15.1 Å². The second-order valence-electron chi connectivity index (χ2n) is 13.3. The molecule has 2 N–H and O–H groups in total. The van der Waals surface area contributed by atoms with Gasteiger partial charge >= 0.3 is 6.03 Å². The van der Waals surface area contributed by atoms with Crippen molar-refractivity contribution in [2.24, 2.45) is 5.92 Å². The van der Waals surface area contributed by atoms with Gasteiger partial charge in [0.15, 0.2) is 8.32 Å². The molecule has 0 aromatic heterocycles. The van der Waals surface area contributed by atoms with E-state index in [0.29, 0.717) is 6.42 Å². The zero-order valence-corrected chi connectivity index (χ0v) is 28.6. The van der Waals surface area contributed by atoms with Crippen molar-refractivity contribution in [3.8, 4) is 0 Å². The Morgan fingerprint density at radius 3 is 1.22 bits per heavy atom. The Hall–Kier alpha value is -4.45. The number of hydrogen-bond acceptors (Lipinski definition) is 2. The van der Waals surface area contributed by atoms with Gasteiger partial charge in [-0.3, -0.25) is 0 Å². The Morgan fingerprint density at radius 1 is 0.587 bits per heavy atom. The smallest absolute Gasteiger partial charge is 0.316 e. The highest BCUT2D eigenvalue weighted by Gasteiger charge is 2.48. The summed E-state index contributed by atoms with van der Waals surface area (Å²) in [5.41, 5.74) is 3.10. The van der Waals surface area contributed by atoms with Gasteiger partial charge in [0.25, 0.3) is 0 Å². The van der Waals surface area contributed by atoms with Crippen LogP contribution < -0.4 is 10.6 Å². The van der Waals surface area contributed by atoms with E-state index in [1.165, 1.54) is 0 Å². The molecule has 0 bridgehead atoms. The van der Waals surface area contributed by atoms with Crippen molar-refractivity contribution < 1.29 is 9.22 Å². The molecule has 0 spiro atoms. The SMILES string of the molecule is CC(C)C[C@H](NC(=O)NC(c1ccccc1)(c1ccccc1)c1ccccc1)C(O[Si](C)(C)C)(c1ccccc1)c1ccccc1. The van der Waals surface area contributed by atoms with E-state index in [1.54, 1.807) is 0 Å². The molecule has 0 aliphatic carbocycles. The third kappa shape index (κ3) is 7.17. The normalized spacial score (nSPS) is 12.8. The van der Waals surface area contributed by atoms with Gasteiger partial charge in [-0.2, -0.15) is 0 Å². The Morgan fingerprint density at radius 2 is 0.913 bits per heavy atom. The Labute approximate surface area is 276 Å². The van der Waals surface area contributed by atoms with E-state index < -0.39 is 19.5 Å². The zero-order chi connectivity index (χ0) is 32.6. The first-order valence-corrected chi connectivity index (χ1v) is 19.6. The largest absolute Gasteiger partial charge is 0.402 e. The summed E-state index contributed by atoms with van der Waals surface area (Å²) in [5, 5.41) is 7.05. The van der Waals surface area contributed by atoms with Crippen LogP contribution in [0.2, 0.25) is 19.6 Å². The molecule has 4 nitrogen and oxygen atoms in total. The van der Waals surface area contributed by atoms with Crippen molar-refractivity contribution in [2.45, 2.75) is 57.1 Å². The van der Waals surface area contributed by atoms with Crippen LogP contribution in [0.1, 0.15) is 48.1 Å². The molecular weight excluding hydrogens is 581 g/mol. The first kappa shape index (κ1) is 32.9. The molecule has 0 radical (unpaired) electrons. The first-order valence-electron chi connectivity index (χ1n) is 16.2. The molecular formula is C41H46N2O2Si. The van der Waals surface area contributed by atoms with Crippen LogP contribution in [-0.4, -0.2) is 20.4 Å². The monoisotopic (exact) mass is 626 g/mol. The van der Waals surface area contributed by atoms with Crippen LogP contribution >= 0.6 is 0 Å². The summed E-state index contributed by atoms with van der Waals surface area (Å²) in [6.45, 7) is 11.0. The molecule has 0 unspecified atom stereocenters. The number of urea groups is 1. The molecule has 5 aromatic carbocycles. The van der Waals surface area contributed by atoms with E-state index in [0.717, 1.165) is 27.8 Å². The van der Waals surface area contributed by atoms with Gasteiger partial charge in [0.2, 0.25) is 0 Å². The van der Waals surface area contributed by atoms with Gasteiger partial charge in [-0.15, -0.1) is 0 Å². The molecule has 5 aromatic rings. The first-order chi connectivity index (χ1) is 22.1. The lowest BCUT2D eigenvalue weighted by Gasteiger charge is -2.47. The predicted octanol–water partition coefficient (Wildman–Crippen LogP) is 9.49. The highest BCUT2D eigenvalue weighted by Crippen LogP contribution is 2.42. The molecule has 5 heteroatoms. The quantitative estimate of drug-likeness (QED) is 0.107. The van der Waals surface area contributed by atoms with Crippen LogP contribution in [0.5, 0.6) is 0 Å². The zero-order valence-electron chi connectivity index (χ0n) is 27.6. The fraction of sp³-hybridized carbons (Fsp3) is 0.244. The molecule has 0 heterocycles. The van der Waals surface area contributed by atoms with Gasteiger partial charge in [-0.25, -0.2) is 4.79 Å². The molecule has 46 heavy (non-hydrogen) atoms. The average Bonchev–Trinajstić information content (AvgIpc) is 3.07. The highest BCUT2D eigenvalue weighted by molar-refractivity contribution is 6.69. The molecule has 0 saturated heterocycles. The molecule has 0 fully saturated rings. The third-order valence-electron chi connectivity index (χ3n) is 8.30. The minimum Gasteiger partial charge on any atom is -0.402 e. The molecule has 236 valence electrons. The van der Waals surface area contributed by atoms with E-state index in [2.05, 4.69) is 129 Å². The summed E-state index contributed by atoms with van der Waals surface area (Å²) >= 11 is 0. The number of benzene rings is 5. The maximum atomic E-state index is 14.8. The fourth-order valence-electron chi connectivity index (χ4n) is 6.56. The lowest BCUT2D eigenvalue weighted by atomic mass is 9.76. The van der Waals surface area contributed by atoms with Crippen LogP contribution in [0.3, 0.4) is 0 Å². The number of amides is 2. The molecule has 5 rings (SSSR count). The van der Waals surface area contributed by atoms with Crippen LogP contribution in [0.15, 0.2) is 152 Å². The van der Waals surface area contributed by atoms with Crippen molar-refractivity contribution in [1.29, 1.82) is 0 Å². The Kier molecular flexibility index (Phi) is 10.2. The number of hydrogen-bond donors (Lipinski definition) is 2. The number of nitrogens with one attached hydrogen (secondary N) is 2. The standard InChI is InChI=1S/C41H46N2O2Si/c1-32(2)31-38(41(45-46(3,4)5,36-27-17-9-18-28-36)37-29-19-10-20-30-37)42-39(44)43-40(33-21-11-6-12-22-33,34-23-13-7-14-24-34)35-25-15-8-16-26-35/h6-30,32,38H,31H2,1-5H3,(H2,42,43,44)/t38-/m0/s1. The average molecular weight is 627 g/mol. The van der Waals surface area contributed by atoms with Crippen LogP contribution in [0, 0.1) is 5.92 Å². The maximum Gasteiger partial charge on any atom is 0.316 e. The van der Waals surface area contributed by atoms with Gasteiger partial charge in [0.1, 0.15) is 11.1 Å².